The van der Waals surface area contributed by atoms with Gasteiger partial charge in [-0.15, -0.1) is 26.3 Å². The van der Waals surface area contributed by atoms with Crippen LogP contribution in [0.2, 0.25) is 0 Å². The molecule has 5 nitrogen and oxygen atoms in total. The van der Waals surface area contributed by atoms with Crippen LogP contribution in [-0.2, 0) is 0 Å². The molecular formula is C16H11N5S. The Labute approximate surface area is 130 Å². The zero-order valence-electron chi connectivity index (χ0n) is 11.5. The summed E-state index contributed by atoms with van der Waals surface area (Å²) >= 11 is 1.57. The molecule has 3 heterocycles. The third-order valence-corrected chi connectivity index (χ3v) is 4.03. The number of tetrazole rings is 1. The van der Waals surface area contributed by atoms with Gasteiger partial charge in [-0.1, -0.05) is 24.3 Å². The minimum Gasteiger partial charge on any atom is -0.256 e. The highest BCUT2D eigenvalue weighted by Crippen LogP contribution is 2.23. The number of thiophene rings is 1. The number of pyridine rings is 1. The van der Waals surface area contributed by atoms with Gasteiger partial charge in [0.1, 0.15) is 5.00 Å². The summed E-state index contributed by atoms with van der Waals surface area (Å²) in [6, 6.07) is 17.8. The Bertz CT molecular complexity index is 884. The van der Waals surface area contributed by atoms with Gasteiger partial charge in [-0.3, -0.25) is 4.98 Å². The van der Waals surface area contributed by atoms with Crippen LogP contribution in [-0.4, -0.2) is 25.2 Å². The number of aromatic nitrogens is 5. The maximum Gasteiger partial charge on any atom is 0.205 e. The number of hydrogen-bond donors (Lipinski definition) is 0. The molecule has 0 spiro atoms. The molecule has 0 aliphatic carbocycles. The van der Waals surface area contributed by atoms with Crippen molar-refractivity contribution < 1.29 is 0 Å². The molecule has 1 aromatic carbocycles. The van der Waals surface area contributed by atoms with E-state index in [-0.39, 0.29) is 0 Å². The SMILES string of the molecule is c1ccc(-c2cccc(-c3nnn(-c4cccs4)n3)c2)nc1. The zero-order valence-corrected chi connectivity index (χ0v) is 12.3. The van der Waals surface area contributed by atoms with Crippen molar-refractivity contribution in [1.82, 2.24) is 25.2 Å². The van der Waals surface area contributed by atoms with Gasteiger partial charge in [-0.25, -0.2) is 0 Å². The van der Waals surface area contributed by atoms with Crippen molar-refractivity contribution in [1.29, 1.82) is 0 Å². The van der Waals surface area contributed by atoms with E-state index in [0.29, 0.717) is 5.82 Å². The third kappa shape index (κ3) is 2.40. The molecule has 0 bridgehead atoms. The summed E-state index contributed by atoms with van der Waals surface area (Å²) in [6.07, 6.45) is 1.79. The largest absolute Gasteiger partial charge is 0.256 e. The summed E-state index contributed by atoms with van der Waals surface area (Å²) in [5.74, 6) is 0.603. The molecule has 4 aromatic rings. The van der Waals surface area contributed by atoms with E-state index in [1.54, 1.807) is 22.3 Å². The fourth-order valence-corrected chi connectivity index (χ4v) is 2.78. The number of nitrogens with zero attached hydrogens (tertiary/aromatic N) is 5. The number of hydrogen-bond acceptors (Lipinski definition) is 5. The maximum absolute atomic E-state index is 4.44. The first-order valence-electron chi connectivity index (χ1n) is 6.76. The van der Waals surface area contributed by atoms with Crippen molar-refractivity contribution in [3.8, 4) is 27.6 Å². The molecule has 4 rings (SSSR count). The first-order chi connectivity index (χ1) is 10.9. The summed E-state index contributed by atoms with van der Waals surface area (Å²) in [5.41, 5.74) is 2.88. The highest BCUT2D eigenvalue weighted by molar-refractivity contribution is 7.12. The molecule has 0 fully saturated rings. The predicted octanol–water partition coefficient (Wildman–Crippen LogP) is 3.45. The average molecular weight is 305 g/mol. The van der Waals surface area contributed by atoms with Crippen molar-refractivity contribution in [2.75, 3.05) is 0 Å². The van der Waals surface area contributed by atoms with Crippen LogP contribution >= 0.6 is 11.3 Å². The molecule has 0 radical (unpaired) electrons. The van der Waals surface area contributed by atoms with Crippen molar-refractivity contribution in [2.24, 2.45) is 0 Å². The smallest absolute Gasteiger partial charge is 0.205 e. The molecule has 0 saturated carbocycles. The number of benzene rings is 1. The Morgan fingerprint density at radius 3 is 2.68 bits per heavy atom. The van der Waals surface area contributed by atoms with Gasteiger partial charge >= 0.3 is 0 Å². The highest BCUT2D eigenvalue weighted by Gasteiger charge is 2.09. The molecule has 0 unspecified atom stereocenters. The Morgan fingerprint density at radius 2 is 1.86 bits per heavy atom. The van der Waals surface area contributed by atoms with E-state index in [1.165, 1.54) is 0 Å². The topological polar surface area (TPSA) is 56.5 Å². The fourth-order valence-electron chi connectivity index (χ4n) is 2.16. The monoisotopic (exact) mass is 305 g/mol. The van der Waals surface area contributed by atoms with Crippen LogP contribution in [0.3, 0.4) is 0 Å². The van der Waals surface area contributed by atoms with Gasteiger partial charge in [0.15, 0.2) is 0 Å². The van der Waals surface area contributed by atoms with Crippen LogP contribution in [0.1, 0.15) is 0 Å². The van der Waals surface area contributed by atoms with E-state index in [9.17, 15) is 0 Å². The van der Waals surface area contributed by atoms with Crippen LogP contribution < -0.4 is 0 Å². The average Bonchev–Trinajstić information content (AvgIpc) is 3.27. The minimum absolute atomic E-state index is 0.603. The molecule has 22 heavy (non-hydrogen) atoms. The number of rotatable bonds is 3. The summed E-state index contributed by atoms with van der Waals surface area (Å²) in [4.78, 5) is 5.92. The fraction of sp³-hybridized carbons (Fsp3) is 0. The van der Waals surface area contributed by atoms with Crippen molar-refractivity contribution in [3.63, 3.8) is 0 Å². The van der Waals surface area contributed by atoms with Crippen molar-refractivity contribution >= 4 is 11.3 Å². The van der Waals surface area contributed by atoms with Gasteiger partial charge < -0.3 is 0 Å². The lowest BCUT2D eigenvalue weighted by atomic mass is 10.1. The first kappa shape index (κ1) is 12.8. The second kappa shape index (κ2) is 5.50. The lowest BCUT2D eigenvalue weighted by molar-refractivity contribution is 0.731. The first-order valence-corrected chi connectivity index (χ1v) is 7.64. The van der Waals surface area contributed by atoms with E-state index in [0.717, 1.165) is 21.8 Å². The molecule has 6 heteroatoms. The second-order valence-corrected chi connectivity index (χ2v) is 5.58. The molecule has 0 N–H and O–H groups in total. The predicted molar refractivity (Wildman–Crippen MR) is 85.7 cm³/mol. The van der Waals surface area contributed by atoms with E-state index in [4.69, 9.17) is 0 Å². The summed E-state index contributed by atoms with van der Waals surface area (Å²) in [6.45, 7) is 0. The van der Waals surface area contributed by atoms with Gasteiger partial charge in [-0.2, -0.15) is 0 Å². The molecule has 3 aromatic heterocycles. The summed E-state index contributed by atoms with van der Waals surface area (Å²) in [5, 5.41) is 15.6. The van der Waals surface area contributed by atoms with Crippen LogP contribution in [0, 0.1) is 0 Å². The second-order valence-electron chi connectivity index (χ2n) is 4.65. The molecule has 106 valence electrons. The normalized spacial score (nSPS) is 10.7. The standard InChI is InChI=1S/C16H11N5S/c1-2-9-17-14(7-1)12-5-3-6-13(11-12)16-18-20-21(19-16)15-8-4-10-22-15/h1-11H. The van der Waals surface area contributed by atoms with E-state index in [1.807, 2.05) is 60.0 Å². The van der Waals surface area contributed by atoms with E-state index >= 15 is 0 Å². The van der Waals surface area contributed by atoms with Gasteiger partial charge in [0, 0.05) is 17.3 Å². The molecule has 0 atom stereocenters. The third-order valence-electron chi connectivity index (χ3n) is 3.20. The Morgan fingerprint density at radius 1 is 0.909 bits per heavy atom. The van der Waals surface area contributed by atoms with Crippen LogP contribution in [0.5, 0.6) is 0 Å². The zero-order chi connectivity index (χ0) is 14.8. The Hall–Kier alpha value is -2.86. The van der Waals surface area contributed by atoms with Gasteiger partial charge in [0.05, 0.1) is 5.69 Å². The lowest BCUT2D eigenvalue weighted by Crippen LogP contribution is -1.95. The minimum atomic E-state index is 0.603. The van der Waals surface area contributed by atoms with Crippen LogP contribution in [0.15, 0.2) is 66.2 Å². The maximum atomic E-state index is 4.44. The van der Waals surface area contributed by atoms with E-state index in [2.05, 4.69) is 20.4 Å². The lowest BCUT2D eigenvalue weighted by Gasteiger charge is -2.01. The Balaban J connectivity index is 1.72. The van der Waals surface area contributed by atoms with Gasteiger partial charge in [0.2, 0.25) is 5.82 Å². The van der Waals surface area contributed by atoms with Crippen LogP contribution in [0.25, 0.3) is 27.6 Å². The molecule has 0 aliphatic heterocycles. The van der Waals surface area contributed by atoms with Gasteiger partial charge in [0.25, 0.3) is 0 Å². The molecule has 0 saturated heterocycles. The van der Waals surface area contributed by atoms with Crippen molar-refractivity contribution in [3.05, 3.63) is 66.2 Å². The van der Waals surface area contributed by atoms with Crippen molar-refractivity contribution in [2.45, 2.75) is 0 Å². The molecule has 0 amide bonds. The van der Waals surface area contributed by atoms with Gasteiger partial charge in [-0.05, 0) is 40.9 Å². The Kier molecular flexibility index (Phi) is 3.21. The molecule has 0 aliphatic rings. The summed E-state index contributed by atoms with van der Waals surface area (Å²) < 4.78 is 0. The van der Waals surface area contributed by atoms with E-state index < -0.39 is 0 Å². The molecular weight excluding hydrogens is 294 g/mol. The quantitative estimate of drug-likeness (QED) is 0.581. The summed E-state index contributed by atoms with van der Waals surface area (Å²) in [7, 11) is 0. The highest BCUT2D eigenvalue weighted by atomic mass is 32.1. The van der Waals surface area contributed by atoms with Crippen LogP contribution in [0.4, 0.5) is 0 Å².